The Morgan fingerprint density at radius 3 is 0.913 bits per heavy atom. The molecule has 3 aliphatic carbocycles. The fourth-order valence-electron chi connectivity index (χ4n) is 6.54. The maximum Gasteiger partial charge on any atom is 0.116 e. The lowest BCUT2D eigenvalue weighted by Gasteiger charge is -2.65. The van der Waals surface area contributed by atoms with E-state index in [0.29, 0.717) is 0 Å². The molecule has 3 aliphatic rings. The van der Waals surface area contributed by atoms with Crippen LogP contribution in [0.3, 0.4) is 0 Å². The van der Waals surface area contributed by atoms with Crippen LogP contribution in [0.4, 0.5) is 0 Å². The monoisotopic (exact) mass is 337 g/mol. The van der Waals surface area contributed by atoms with Crippen molar-refractivity contribution in [3.8, 4) is 0 Å². The van der Waals surface area contributed by atoms with Gasteiger partial charge in [0.05, 0.1) is 0 Å². The molecule has 0 saturated heterocycles. The molecule has 0 radical (unpaired) electrons. The fourth-order valence-corrected chi connectivity index (χ4v) is 13.6. The van der Waals surface area contributed by atoms with Crippen molar-refractivity contribution < 1.29 is 0 Å². The van der Waals surface area contributed by atoms with E-state index in [0.717, 1.165) is 0 Å². The molecule has 23 heavy (non-hydrogen) atoms. The molecule has 3 saturated carbocycles. The summed E-state index contributed by atoms with van der Waals surface area (Å²) in [6.07, 6.45) is 18.8. The Balaban J connectivity index is 2.04. The van der Waals surface area contributed by atoms with Gasteiger partial charge in [-0.05, 0) is 38.5 Å². The number of hydrogen-bond donors (Lipinski definition) is 3. The van der Waals surface area contributed by atoms with Crippen LogP contribution in [0.5, 0.6) is 0 Å². The summed E-state index contributed by atoms with van der Waals surface area (Å²) < 4.78 is 0. The van der Waals surface area contributed by atoms with Gasteiger partial charge in [-0.15, -0.1) is 0 Å². The first kappa shape index (κ1) is 17.9. The van der Waals surface area contributed by atoms with Gasteiger partial charge < -0.3 is 17.2 Å². The smallest absolute Gasteiger partial charge is 0.116 e. The van der Waals surface area contributed by atoms with Crippen molar-refractivity contribution >= 4 is 8.07 Å². The highest BCUT2D eigenvalue weighted by Gasteiger charge is 2.66. The van der Waals surface area contributed by atoms with Gasteiger partial charge in [-0.2, -0.15) is 0 Å². The van der Waals surface area contributed by atoms with Crippen molar-refractivity contribution in [2.45, 2.75) is 118 Å². The van der Waals surface area contributed by atoms with Crippen molar-refractivity contribution in [3.05, 3.63) is 0 Å². The third-order valence-electron chi connectivity index (χ3n) is 8.22. The third-order valence-corrected chi connectivity index (χ3v) is 15.7. The van der Waals surface area contributed by atoms with Gasteiger partial charge in [-0.1, -0.05) is 64.3 Å². The van der Waals surface area contributed by atoms with Crippen LogP contribution < -0.4 is 17.2 Å². The topological polar surface area (TPSA) is 78.1 Å². The van der Waals surface area contributed by atoms with Crippen LogP contribution in [0.25, 0.3) is 0 Å². The molecule has 0 amide bonds. The van der Waals surface area contributed by atoms with E-state index >= 15 is 0 Å². The van der Waals surface area contributed by atoms with Gasteiger partial charge >= 0.3 is 0 Å². The fraction of sp³-hybridized carbons (Fsp3) is 1.00. The molecule has 3 rings (SSSR count). The van der Waals surface area contributed by atoms with Gasteiger partial charge in [-0.25, -0.2) is 0 Å². The summed E-state index contributed by atoms with van der Waals surface area (Å²) in [6, 6.07) is 0. The number of nitrogens with two attached hydrogens (primary N) is 3. The highest BCUT2D eigenvalue weighted by molar-refractivity contribution is 6.87. The SMILES string of the molecule is C[Si](C1(N)CCCCC1)(C1(N)CCCCC1)C1(N)CCCCC1. The summed E-state index contributed by atoms with van der Waals surface area (Å²) in [4.78, 5) is 0. The standard InChI is InChI=1S/C19H39N3Si/c1-23(17(20)11-5-2-6-12-17,18(21)13-7-3-8-14-18)19(22)15-9-4-10-16-19/h2-16,20-22H2,1H3. The molecule has 0 aromatic carbocycles. The van der Waals surface area contributed by atoms with E-state index < -0.39 is 8.07 Å². The molecule has 0 unspecified atom stereocenters. The van der Waals surface area contributed by atoms with E-state index in [4.69, 9.17) is 17.2 Å². The van der Waals surface area contributed by atoms with E-state index in [1.807, 2.05) is 0 Å². The van der Waals surface area contributed by atoms with E-state index in [1.54, 1.807) is 0 Å². The van der Waals surface area contributed by atoms with Gasteiger partial charge in [0.2, 0.25) is 0 Å². The predicted molar refractivity (Wildman–Crippen MR) is 102 cm³/mol. The number of rotatable bonds is 3. The highest BCUT2D eigenvalue weighted by atomic mass is 28.3. The molecule has 0 bridgehead atoms. The van der Waals surface area contributed by atoms with Crippen LogP contribution >= 0.6 is 0 Å². The minimum absolute atomic E-state index is 0.0383. The second kappa shape index (κ2) is 6.43. The number of hydrogen-bond acceptors (Lipinski definition) is 3. The van der Waals surface area contributed by atoms with Crippen molar-refractivity contribution in [2.24, 2.45) is 17.2 Å². The summed E-state index contributed by atoms with van der Waals surface area (Å²) in [7, 11) is -2.09. The first-order valence-electron chi connectivity index (χ1n) is 10.2. The Labute approximate surface area is 144 Å². The normalized spacial score (nSPS) is 30.8. The van der Waals surface area contributed by atoms with Crippen molar-refractivity contribution in [1.82, 2.24) is 0 Å². The zero-order valence-corrected chi connectivity index (χ0v) is 16.3. The summed E-state index contributed by atoms with van der Waals surface area (Å²) in [5, 5.41) is -0.115. The Bertz CT molecular complexity index is 345. The molecular weight excluding hydrogens is 298 g/mol. The average molecular weight is 338 g/mol. The molecule has 0 aromatic rings. The summed E-state index contributed by atoms with van der Waals surface area (Å²) in [5.41, 5.74) is 21.8. The first-order valence-corrected chi connectivity index (χ1v) is 12.7. The van der Waals surface area contributed by atoms with Gasteiger partial charge in [0.1, 0.15) is 8.07 Å². The van der Waals surface area contributed by atoms with Crippen LogP contribution in [0.2, 0.25) is 6.55 Å². The lowest BCUT2D eigenvalue weighted by Crippen LogP contribution is -2.88. The molecule has 0 aliphatic heterocycles. The average Bonchev–Trinajstić information content (AvgIpc) is 2.56. The van der Waals surface area contributed by atoms with Gasteiger partial charge in [0.25, 0.3) is 0 Å². The third kappa shape index (κ3) is 2.74. The van der Waals surface area contributed by atoms with Crippen LogP contribution in [-0.4, -0.2) is 23.6 Å². The predicted octanol–water partition coefficient (Wildman–Crippen LogP) is 3.67. The Kier molecular flexibility index (Phi) is 5.01. The van der Waals surface area contributed by atoms with Crippen LogP contribution in [-0.2, 0) is 0 Å². The molecule has 0 aromatic heterocycles. The first-order chi connectivity index (χ1) is 10.9. The van der Waals surface area contributed by atoms with E-state index in [2.05, 4.69) is 6.55 Å². The quantitative estimate of drug-likeness (QED) is 0.688. The molecule has 3 fully saturated rings. The summed E-state index contributed by atoms with van der Waals surface area (Å²) >= 11 is 0. The highest BCUT2D eigenvalue weighted by Crippen LogP contribution is 2.51. The molecule has 0 atom stereocenters. The van der Waals surface area contributed by atoms with Crippen LogP contribution in [0.1, 0.15) is 96.3 Å². The molecule has 134 valence electrons. The Hall–Kier alpha value is 0.0969. The van der Waals surface area contributed by atoms with Gasteiger partial charge in [0, 0.05) is 15.5 Å². The van der Waals surface area contributed by atoms with Crippen molar-refractivity contribution in [3.63, 3.8) is 0 Å². The minimum atomic E-state index is -2.09. The molecule has 4 heteroatoms. The molecule has 3 nitrogen and oxygen atoms in total. The van der Waals surface area contributed by atoms with Crippen molar-refractivity contribution in [2.75, 3.05) is 0 Å². The molecule has 6 N–H and O–H groups in total. The van der Waals surface area contributed by atoms with Gasteiger partial charge in [0.15, 0.2) is 0 Å². The summed E-state index contributed by atoms with van der Waals surface area (Å²) in [5.74, 6) is 0. The second-order valence-corrected chi connectivity index (χ2v) is 14.5. The lowest BCUT2D eigenvalue weighted by molar-refractivity contribution is 0.278. The zero-order valence-electron chi connectivity index (χ0n) is 15.3. The summed E-state index contributed by atoms with van der Waals surface area (Å²) in [6.45, 7) is 2.55. The zero-order chi connectivity index (χ0) is 16.6. The van der Waals surface area contributed by atoms with Gasteiger partial charge in [-0.3, -0.25) is 0 Å². The Morgan fingerprint density at radius 1 is 0.478 bits per heavy atom. The van der Waals surface area contributed by atoms with Crippen LogP contribution in [0, 0.1) is 0 Å². The van der Waals surface area contributed by atoms with E-state index in [1.165, 1.54) is 96.3 Å². The maximum absolute atomic E-state index is 7.27. The molecule has 0 heterocycles. The van der Waals surface area contributed by atoms with E-state index in [9.17, 15) is 0 Å². The minimum Gasteiger partial charge on any atom is -0.327 e. The Morgan fingerprint density at radius 2 is 0.696 bits per heavy atom. The largest absolute Gasteiger partial charge is 0.327 e. The second-order valence-electron chi connectivity index (χ2n) is 9.28. The van der Waals surface area contributed by atoms with Crippen LogP contribution in [0.15, 0.2) is 0 Å². The molecule has 0 spiro atoms. The van der Waals surface area contributed by atoms with Crippen molar-refractivity contribution in [1.29, 1.82) is 0 Å². The maximum atomic E-state index is 7.27. The molecular formula is C19H39N3Si. The van der Waals surface area contributed by atoms with E-state index in [-0.39, 0.29) is 15.5 Å². The lowest BCUT2D eigenvalue weighted by atomic mass is 9.93.